The van der Waals surface area contributed by atoms with Crippen LogP contribution in [0.25, 0.3) is 16.3 Å². The summed E-state index contributed by atoms with van der Waals surface area (Å²) in [7, 11) is 0. The van der Waals surface area contributed by atoms with Gasteiger partial charge in [-0.1, -0.05) is 41.2 Å². The quantitative estimate of drug-likeness (QED) is 0.433. The second-order valence-corrected chi connectivity index (χ2v) is 8.11. The summed E-state index contributed by atoms with van der Waals surface area (Å²) >= 11 is 3.25. The maximum Gasteiger partial charge on any atom is 0.209 e. The Balaban J connectivity index is 1.35. The van der Waals surface area contributed by atoms with E-state index in [4.69, 9.17) is 14.6 Å². The number of thioether (sulfide) groups is 1. The molecule has 1 aliphatic rings. The molecule has 3 aromatic heterocycles. The molecule has 7 heteroatoms. The molecule has 3 heterocycles. The van der Waals surface area contributed by atoms with Gasteiger partial charge < -0.3 is 4.52 Å². The van der Waals surface area contributed by atoms with Crippen LogP contribution in [-0.2, 0) is 5.75 Å². The van der Waals surface area contributed by atoms with Gasteiger partial charge in [0.15, 0.2) is 5.76 Å². The molecule has 0 unspecified atom stereocenters. The summed E-state index contributed by atoms with van der Waals surface area (Å²) in [5.74, 6) is 3.11. The van der Waals surface area contributed by atoms with Crippen LogP contribution in [0.4, 0.5) is 0 Å². The van der Waals surface area contributed by atoms with Gasteiger partial charge in [-0.25, -0.2) is 9.67 Å². The number of benzene rings is 1. The van der Waals surface area contributed by atoms with Gasteiger partial charge in [-0.15, -0.1) is 16.4 Å². The summed E-state index contributed by atoms with van der Waals surface area (Å²) in [6.07, 6.45) is 2.40. The maximum absolute atomic E-state index is 5.45. The first-order valence-electron chi connectivity index (χ1n) is 8.51. The third-order valence-corrected chi connectivity index (χ3v) is 5.98. The van der Waals surface area contributed by atoms with Crippen LogP contribution < -0.4 is 0 Å². The van der Waals surface area contributed by atoms with Gasteiger partial charge in [-0.2, -0.15) is 0 Å². The molecular formula is C19H16N4OS2. The standard InChI is InChI=1S/C19H16N4OS2/c1-2-5-15(6-3-1)23-18(13-8-9-13)20-19(21-23)26-12-14-11-16(24-22-14)17-7-4-10-25-17/h1-7,10-11,13H,8-9,12H2. The fraction of sp³-hybridized carbons (Fsp3) is 0.211. The lowest BCUT2D eigenvalue weighted by molar-refractivity contribution is 0.427. The molecule has 4 aromatic rings. The Morgan fingerprint density at radius 3 is 2.81 bits per heavy atom. The van der Waals surface area contributed by atoms with Gasteiger partial charge in [-0.3, -0.25) is 0 Å². The molecule has 5 nitrogen and oxygen atoms in total. The van der Waals surface area contributed by atoms with E-state index in [1.54, 1.807) is 23.1 Å². The lowest BCUT2D eigenvalue weighted by atomic mass is 10.3. The van der Waals surface area contributed by atoms with Crippen molar-refractivity contribution in [3.63, 3.8) is 0 Å². The van der Waals surface area contributed by atoms with Crippen molar-refractivity contribution in [1.82, 2.24) is 19.9 Å². The van der Waals surface area contributed by atoms with Crippen molar-refractivity contribution < 1.29 is 4.52 Å². The molecule has 0 aliphatic heterocycles. The van der Waals surface area contributed by atoms with Crippen molar-refractivity contribution in [3.8, 4) is 16.3 Å². The van der Waals surface area contributed by atoms with E-state index in [-0.39, 0.29) is 0 Å². The maximum atomic E-state index is 5.45. The molecule has 0 N–H and O–H groups in total. The summed E-state index contributed by atoms with van der Waals surface area (Å²) < 4.78 is 7.43. The minimum absolute atomic E-state index is 0.537. The largest absolute Gasteiger partial charge is 0.355 e. The second kappa shape index (κ2) is 6.74. The molecule has 0 amide bonds. The van der Waals surface area contributed by atoms with Crippen molar-refractivity contribution >= 4 is 23.1 Å². The van der Waals surface area contributed by atoms with Gasteiger partial charge in [0, 0.05) is 17.7 Å². The lowest BCUT2D eigenvalue weighted by Crippen LogP contribution is -2.01. The van der Waals surface area contributed by atoms with Crippen molar-refractivity contribution in [1.29, 1.82) is 0 Å². The Hall–Kier alpha value is -2.38. The number of hydrogen-bond donors (Lipinski definition) is 0. The molecule has 130 valence electrons. The molecule has 0 bridgehead atoms. The topological polar surface area (TPSA) is 56.7 Å². The SMILES string of the molecule is c1ccc(-n2nc(SCc3cc(-c4cccs4)on3)nc2C2CC2)cc1. The van der Waals surface area contributed by atoms with Gasteiger partial charge >= 0.3 is 0 Å². The van der Waals surface area contributed by atoms with Crippen LogP contribution in [0.2, 0.25) is 0 Å². The number of para-hydroxylation sites is 1. The van der Waals surface area contributed by atoms with E-state index in [0.29, 0.717) is 11.7 Å². The zero-order chi connectivity index (χ0) is 17.3. The second-order valence-electron chi connectivity index (χ2n) is 6.22. The number of rotatable bonds is 6. The number of nitrogens with zero attached hydrogens (tertiary/aromatic N) is 4. The van der Waals surface area contributed by atoms with Crippen LogP contribution in [0.15, 0.2) is 63.6 Å². The highest BCUT2D eigenvalue weighted by Gasteiger charge is 2.30. The monoisotopic (exact) mass is 380 g/mol. The molecule has 0 radical (unpaired) electrons. The van der Waals surface area contributed by atoms with Gasteiger partial charge in [0.25, 0.3) is 0 Å². The first-order chi connectivity index (χ1) is 12.9. The normalized spacial score (nSPS) is 14.0. The van der Waals surface area contributed by atoms with E-state index in [1.165, 1.54) is 12.8 Å². The first-order valence-corrected chi connectivity index (χ1v) is 10.4. The highest BCUT2D eigenvalue weighted by atomic mass is 32.2. The van der Waals surface area contributed by atoms with Crippen molar-refractivity contribution in [2.75, 3.05) is 0 Å². The van der Waals surface area contributed by atoms with Crippen molar-refractivity contribution in [2.45, 2.75) is 29.7 Å². The molecule has 1 saturated carbocycles. The molecule has 1 aliphatic carbocycles. The summed E-state index contributed by atoms with van der Waals surface area (Å²) in [5, 5.41) is 11.7. The summed E-state index contributed by atoms with van der Waals surface area (Å²) in [6.45, 7) is 0. The average Bonchev–Trinajstić information content (AvgIpc) is 3.09. The molecule has 0 atom stereocenters. The van der Waals surface area contributed by atoms with Crippen LogP contribution in [0, 0.1) is 0 Å². The highest BCUT2D eigenvalue weighted by Crippen LogP contribution is 2.40. The third kappa shape index (κ3) is 3.20. The molecule has 0 spiro atoms. The fourth-order valence-corrected chi connectivity index (χ4v) is 4.17. The molecule has 1 fully saturated rings. The van der Waals surface area contributed by atoms with E-state index < -0.39 is 0 Å². The molecule has 26 heavy (non-hydrogen) atoms. The predicted octanol–water partition coefficient (Wildman–Crippen LogP) is 5.15. The predicted molar refractivity (Wildman–Crippen MR) is 103 cm³/mol. The Kier molecular flexibility index (Phi) is 4.10. The lowest BCUT2D eigenvalue weighted by Gasteiger charge is -2.03. The molecular weight excluding hydrogens is 364 g/mol. The highest BCUT2D eigenvalue weighted by molar-refractivity contribution is 7.98. The molecule has 5 rings (SSSR count). The van der Waals surface area contributed by atoms with Crippen LogP contribution in [0.5, 0.6) is 0 Å². The van der Waals surface area contributed by atoms with E-state index >= 15 is 0 Å². The van der Waals surface area contributed by atoms with Gasteiger partial charge in [0.1, 0.15) is 5.82 Å². The third-order valence-electron chi connectivity index (χ3n) is 4.23. The Labute approximate surface area is 159 Å². The van der Waals surface area contributed by atoms with Crippen LogP contribution in [0.1, 0.15) is 30.3 Å². The van der Waals surface area contributed by atoms with Gasteiger partial charge in [0.05, 0.1) is 16.3 Å². The minimum Gasteiger partial charge on any atom is -0.355 e. The smallest absolute Gasteiger partial charge is 0.209 e. The molecule has 1 aromatic carbocycles. The van der Waals surface area contributed by atoms with E-state index in [2.05, 4.69) is 17.3 Å². The number of aromatic nitrogens is 4. The average molecular weight is 380 g/mol. The Morgan fingerprint density at radius 2 is 2.04 bits per heavy atom. The number of hydrogen-bond acceptors (Lipinski definition) is 6. The van der Waals surface area contributed by atoms with Gasteiger partial charge in [-0.05, 0) is 36.4 Å². The van der Waals surface area contributed by atoms with Crippen molar-refractivity contribution in [2.24, 2.45) is 0 Å². The summed E-state index contributed by atoms with van der Waals surface area (Å²) in [4.78, 5) is 5.87. The zero-order valence-electron chi connectivity index (χ0n) is 13.9. The van der Waals surface area contributed by atoms with Crippen molar-refractivity contribution in [3.05, 3.63) is 65.4 Å². The number of thiophene rings is 1. The van der Waals surface area contributed by atoms with Gasteiger partial charge in [0.2, 0.25) is 5.16 Å². The van der Waals surface area contributed by atoms with Crippen LogP contribution in [-0.4, -0.2) is 19.9 Å². The van der Waals surface area contributed by atoms with Crippen LogP contribution in [0.3, 0.4) is 0 Å². The van der Waals surface area contributed by atoms with E-state index in [1.807, 2.05) is 46.5 Å². The summed E-state index contributed by atoms with van der Waals surface area (Å²) in [6, 6.07) is 16.3. The zero-order valence-corrected chi connectivity index (χ0v) is 15.5. The first kappa shape index (κ1) is 15.8. The Morgan fingerprint density at radius 1 is 1.15 bits per heavy atom. The van der Waals surface area contributed by atoms with E-state index in [9.17, 15) is 0 Å². The van der Waals surface area contributed by atoms with E-state index in [0.717, 1.165) is 33.0 Å². The fourth-order valence-electron chi connectivity index (χ4n) is 2.78. The minimum atomic E-state index is 0.537. The Bertz CT molecular complexity index is 1000. The molecule has 0 saturated heterocycles. The summed E-state index contributed by atoms with van der Waals surface area (Å²) in [5.41, 5.74) is 1.97. The van der Waals surface area contributed by atoms with Crippen LogP contribution >= 0.6 is 23.1 Å².